The third-order valence-electron chi connectivity index (χ3n) is 2.55. The van der Waals surface area contributed by atoms with Crippen LogP contribution in [0.15, 0.2) is 0 Å². The van der Waals surface area contributed by atoms with E-state index in [1.165, 1.54) is 6.42 Å². The van der Waals surface area contributed by atoms with E-state index in [1.807, 2.05) is 0 Å². The van der Waals surface area contributed by atoms with Crippen LogP contribution in [0.4, 0.5) is 0 Å². The van der Waals surface area contributed by atoms with E-state index in [9.17, 15) is 5.11 Å². The Morgan fingerprint density at radius 1 is 1.42 bits per heavy atom. The Morgan fingerprint density at radius 2 is 2.17 bits per heavy atom. The van der Waals surface area contributed by atoms with Crippen LogP contribution >= 0.6 is 0 Å². The number of hydrogen-bond acceptors (Lipinski definition) is 2. The van der Waals surface area contributed by atoms with Crippen molar-refractivity contribution in [2.75, 3.05) is 0 Å². The molecule has 1 unspecified atom stereocenters. The van der Waals surface area contributed by atoms with Crippen molar-refractivity contribution in [1.82, 2.24) is 0 Å². The lowest BCUT2D eigenvalue weighted by molar-refractivity contribution is -0.113. The summed E-state index contributed by atoms with van der Waals surface area (Å²) in [4.78, 5) is 0. The minimum absolute atomic E-state index is 0.105. The molecule has 1 rings (SSSR count). The average Bonchev–Trinajstić information content (AvgIpc) is 2.07. The summed E-state index contributed by atoms with van der Waals surface area (Å²) in [6.45, 7) is 4.25. The summed E-state index contributed by atoms with van der Waals surface area (Å²) < 4.78 is 5.65. The zero-order valence-corrected chi connectivity index (χ0v) is 8.12. The van der Waals surface area contributed by atoms with Crippen LogP contribution in [-0.4, -0.2) is 23.4 Å². The van der Waals surface area contributed by atoms with Crippen molar-refractivity contribution in [3.63, 3.8) is 0 Å². The summed E-state index contributed by atoms with van der Waals surface area (Å²) in [6.07, 6.45) is 5.51. The maximum Gasteiger partial charge on any atom is 0.0837 e. The summed E-state index contributed by atoms with van der Waals surface area (Å²) in [5.41, 5.74) is 0. The third-order valence-corrected chi connectivity index (χ3v) is 2.55. The van der Waals surface area contributed by atoms with Crippen molar-refractivity contribution < 1.29 is 9.84 Å². The smallest absolute Gasteiger partial charge is 0.0837 e. The van der Waals surface area contributed by atoms with Crippen LogP contribution in [0, 0.1) is 0 Å². The standard InChI is InChI=1S/C10H20O2/c1-3-4-5-10-9(11)7-6-8(2)12-10/h8-11H,3-7H2,1-2H3/t8?,9-,10+/m0/s1. The molecule has 0 aliphatic carbocycles. The zero-order valence-electron chi connectivity index (χ0n) is 8.12. The van der Waals surface area contributed by atoms with Gasteiger partial charge in [0.2, 0.25) is 0 Å². The molecular formula is C10H20O2. The molecule has 0 spiro atoms. The van der Waals surface area contributed by atoms with Gasteiger partial charge >= 0.3 is 0 Å². The largest absolute Gasteiger partial charge is 0.390 e. The first-order valence-corrected chi connectivity index (χ1v) is 5.07. The second-order valence-electron chi connectivity index (χ2n) is 3.77. The van der Waals surface area contributed by atoms with Crippen LogP contribution < -0.4 is 0 Å². The second kappa shape index (κ2) is 4.83. The van der Waals surface area contributed by atoms with Crippen LogP contribution in [0.1, 0.15) is 46.0 Å². The molecule has 2 nitrogen and oxygen atoms in total. The van der Waals surface area contributed by atoms with Gasteiger partial charge in [-0.3, -0.25) is 0 Å². The zero-order chi connectivity index (χ0) is 8.97. The summed E-state index contributed by atoms with van der Waals surface area (Å²) in [6, 6.07) is 0. The van der Waals surface area contributed by atoms with E-state index < -0.39 is 0 Å². The topological polar surface area (TPSA) is 29.5 Å². The summed E-state index contributed by atoms with van der Waals surface area (Å²) >= 11 is 0. The van der Waals surface area contributed by atoms with E-state index in [2.05, 4.69) is 13.8 Å². The molecule has 3 atom stereocenters. The van der Waals surface area contributed by atoms with Crippen LogP contribution in [0.3, 0.4) is 0 Å². The van der Waals surface area contributed by atoms with Gasteiger partial charge in [0.05, 0.1) is 18.3 Å². The quantitative estimate of drug-likeness (QED) is 0.706. The van der Waals surface area contributed by atoms with Gasteiger partial charge in [-0.25, -0.2) is 0 Å². The normalized spacial score (nSPS) is 36.8. The number of unbranched alkanes of at least 4 members (excludes halogenated alkanes) is 1. The Balaban J connectivity index is 2.28. The number of hydrogen-bond donors (Lipinski definition) is 1. The fourth-order valence-electron chi connectivity index (χ4n) is 1.71. The Labute approximate surface area is 74.9 Å². The van der Waals surface area contributed by atoms with Gasteiger partial charge in [-0.15, -0.1) is 0 Å². The lowest BCUT2D eigenvalue weighted by atomic mass is 9.98. The molecule has 0 aromatic carbocycles. The molecule has 72 valence electrons. The van der Waals surface area contributed by atoms with Crippen molar-refractivity contribution in [2.24, 2.45) is 0 Å². The lowest BCUT2D eigenvalue weighted by Gasteiger charge is -2.32. The first-order valence-electron chi connectivity index (χ1n) is 5.07. The van der Waals surface area contributed by atoms with Gasteiger partial charge in [0.25, 0.3) is 0 Å². The highest BCUT2D eigenvalue weighted by atomic mass is 16.5. The molecule has 1 fully saturated rings. The van der Waals surface area contributed by atoms with Crippen molar-refractivity contribution in [2.45, 2.75) is 64.3 Å². The first-order chi connectivity index (χ1) is 5.74. The number of rotatable bonds is 3. The summed E-state index contributed by atoms with van der Waals surface area (Å²) in [7, 11) is 0. The van der Waals surface area contributed by atoms with Crippen LogP contribution in [0.25, 0.3) is 0 Å². The van der Waals surface area contributed by atoms with E-state index >= 15 is 0 Å². The average molecular weight is 172 g/mol. The molecule has 0 bridgehead atoms. The van der Waals surface area contributed by atoms with E-state index in [0.29, 0.717) is 6.10 Å². The summed E-state index contributed by atoms with van der Waals surface area (Å²) in [5, 5.41) is 9.59. The molecule has 12 heavy (non-hydrogen) atoms. The highest BCUT2D eigenvalue weighted by Gasteiger charge is 2.26. The minimum atomic E-state index is -0.215. The van der Waals surface area contributed by atoms with E-state index in [-0.39, 0.29) is 12.2 Å². The van der Waals surface area contributed by atoms with E-state index in [4.69, 9.17) is 4.74 Å². The van der Waals surface area contributed by atoms with Crippen LogP contribution in [0.5, 0.6) is 0 Å². The predicted molar refractivity (Wildman–Crippen MR) is 49.1 cm³/mol. The predicted octanol–water partition coefficient (Wildman–Crippen LogP) is 2.11. The van der Waals surface area contributed by atoms with Crippen molar-refractivity contribution in [3.8, 4) is 0 Å². The monoisotopic (exact) mass is 172 g/mol. The molecule has 1 aliphatic heterocycles. The highest BCUT2D eigenvalue weighted by molar-refractivity contribution is 4.76. The maximum absolute atomic E-state index is 9.59. The molecule has 0 aromatic heterocycles. The Bertz CT molecular complexity index is 125. The van der Waals surface area contributed by atoms with Crippen molar-refractivity contribution in [3.05, 3.63) is 0 Å². The molecule has 0 amide bonds. The Morgan fingerprint density at radius 3 is 2.83 bits per heavy atom. The SMILES string of the molecule is CCCC[C@H]1OC(C)CC[C@@H]1O. The fraction of sp³-hybridized carbons (Fsp3) is 1.00. The van der Waals surface area contributed by atoms with Gasteiger partial charge in [-0.05, 0) is 26.2 Å². The number of aliphatic hydroxyl groups is 1. The molecular weight excluding hydrogens is 152 g/mol. The van der Waals surface area contributed by atoms with Gasteiger partial charge < -0.3 is 9.84 Å². The van der Waals surface area contributed by atoms with Gasteiger partial charge in [-0.2, -0.15) is 0 Å². The molecule has 1 aliphatic rings. The highest BCUT2D eigenvalue weighted by Crippen LogP contribution is 2.22. The van der Waals surface area contributed by atoms with Gasteiger partial charge in [0, 0.05) is 0 Å². The molecule has 1 N–H and O–H groups in total. The van der Waals surface area contributed by atoms with Gasteiger partial charge in [0.1, 0.15) is 0 Å². The van der Waals surface area contributed by atoms with Crippen molar-refractivity contribution in [1.29, 1.82) is 0 Å². The minimum Gasteiger partial charge on any atom is -0.390 e. The van der Waals surface area contributed by atoms with Gasteiger partial charge in [0.15, 0.2) is 0 Å². The maximum atomic E-state index is 9.59. The van der Waals surface area contributed by atoms with Crippen LogP contribution in [0.2, 0.25) is 0 Å². The molecule has 1 saturated heterocycles. The Kier molecular flexibility index (Phi) is 4.02. The molecule has 1 heterocycles. The van der Waals surface area contributed by atoms with Gasteiger partial charge in [-0.1, -0.05) is 19.8 Å². The molecule has 0 aromatic rings. The molecule has 0 radical (unpaired) electrons. The number of ether oxygens (including phenoxy) is 1. The Hall–Kier alpha value is -0.0800. The van der Waals surface area contributed by atoms with Crippen LogP contribution in [-0.2, 0) is 4.74 Å². The van der Waals surface area contributed by atoms with E-state index in [1.54, 1.807) is 0 Å². The second-order valence-corrected chi connectivity index (χ2v) is 3.77. The first kappa shape index (κ1) is 10.0. The molecule has 0 saturated carbocycles. The fourth-order valence-corrected chi connectivity index (χ4v) is 1.71. The van der Waals surface area contributed by atoms with Crippen molar-refractivity contribution >= 4 is 0 Å². The third kappa shape index (κ3) is 2.76. The number of aliphatic hydroxyl groups excluding tert-OH is 1. The molecule has 2 heteroatoms. The van der Waals surface area contributed by atoms with E-state index in [0.717, 1.165) is 25.7 Å². The lowest BCUT2D eigenvalue weighted by Crippen LogP contribution is -2.37. The summed E-state index contributed by atoms with van der Waals surface area (Å²) in [5.74, 6) is 0.